The minimum absolute atomic E-state index is 0.267. The molecule has 2 rings (SSSR count). The maximum atomic E-state index is 5.68. The van der Waals surface area contributed by atoms with Crippen LogP contribution in [0, 0.1) is 6.92 Å². The molecule has 0 fully saturated rings. The van der Waals surface area contributed by atoms with Gasteiger partial charge in [0, 0.05) is 18.5 Å². The fourth-order valence-corrected chi connectivity index (χ4v) is 1.64. The summed E-state index contributed by atoms with van der Waals surface area (Å²) in [6, 6.07) is 5.91. The normalized spacial score (nSPS) is 10.6. The Morgan fingerprint density at radius 2 is 2.22 bits per heavy atom. The van der Waals surface area contributed by atoms with Crippen LogP contribution in [0.2, 0.25) is 0 Å². The fraction of sp³-hybridized carbons (Fsp3) is 0.385. The molecule has 18 heavy (non-hydrogen) atoms. The predicted octanol–water partition coefficient (Wildman–Crippen LogP) is 1.98. The third-order valence-electron chi connectivity index (χ3n) is 2.61. The predicted molar refractivity (Wildman–Crippen MR) is 67.1 cm³/mol. The lowest BCUT2D eigenvalue weighted by molar-refractivity contribution is 0.240. The molecule has 1 aromatic heterocycles. The highest BCUT2D eigenvalue weighted by Gasteiger charge is 2.07. The van der Waals surface area contributed by atoms with E-state index in [-0.39, 0.29) is 6.61 Å². The van der Waals surface area contributed by atoms with Crippen molar-refractivity contribution < 1.29 is 9.26 Å². The van der Waals surface area contributed by atoms with Gasteiger partial charge in [-0.1, -0.05) is 29.8 Å². The summed E-state index contributed by atoms with van der Waals surface area (Å²) in [6.45, 7) is 4.71. The van der Waals surface area contributed by atoms with Gasteiger partial charge in [-0.2, -0.15) is 4.98 Å². The number of hydrogen-bond acceptors (Lipinski definition) is 5. The summed E-state index contributed by atoms with van der Waals surface area (Å²) in [7, 11) is 0. The van der Waals surface area contributed by atoms with Crippen LogP contribution in [0.3, 0.4) is 0 Å². The SMILES string of the molecule is CCc1noc(COc2ccc(C)cc2CN)n1. The van der Waals surface area contributed by atoms with E-state index in [1.54, 1.807) is 0 Å². The fourth-order valence-electron chi connectivity index (χ4n) is 1.64. The average molecular weight is 247 g/mol. The first-order chi connectivity index (χ1) is 8.72. The summed E-state index contributed by atoms with van der Waals surface area (Å²) < 4.78 is 10.7. The van der Waals surface area contributed by atoms with E-state index in [0.29, 0.717) is 18.3 Å². The van der Waals surface area contributed by atoms with Gasteiger partial charge in [-0.05, 0) is 13.0 Å². The van der Waals surface area contributed by atoms with Crippen LogP contribution < -0.4 is 10.5 Å². The van der Waals surface area contributed by atoms with Crippen molar-refractivity contribution in [2.24, 2.45) is 5.73 Å². The number of ether oxygens (including phenoxy) is 1. The van der Waals surface area contributed by atoms with Crippen molar-refractivity contribution in [1.29, 1.82) is 0 Å². The van der Waals surface area contributed by atoms with Gasteiger partial charge in [-0.3, -0.25) is 0 Å². The molecule has 0 bridgehead atoms. The molecule has 0 saturated carbocycles. The van der Waals surface area contributed by atoms with Crippen molar-refractivity contribution in [2.75, 3.05) is 0 Å². The van der Waals surface area contributed by atoms with Gasteiger partial charge in [0.15, 0.2) is 12.4 Å². The minimum Gasteiger partial charge on any atom is -0.483 e. The molecule has 0 amide bonds. The Labute approximate surface area is 106 Å². The van der Waals surface area contributed by atoms with Crippen LogP contribution >= 0.6 is 0 Å². The lowest BCUT2D eigenvalue weighted by Gasteiger charge is -2.09. The van der Waals surface area contributed by atoms with Gasteiger partial charge >= 0.3 is 0 Å². The topological polar surface area (TPSA) is 74.2 Å². The molecule has 5 heteroatoms. The molecule has 5 nitrogen and oxygen atoms in total. The molecule has 0 spiro atoms. The highest BCUT2D eigenvalue weighted by molar-refractivity contribution is 5.36. The van der Waals surface area contributed by atoms with Crippen LogP contribution in [-0.2, 0) is 19.6 Å². The smallest absolute Gasteiger partial charge is 0.264 e. The number of nitrogens with zero attached hydrogens (tertiary/aromatic N) is 2. The largest absolute Gasteiger partial charge is 0.483 e. The second-order valence-corrected chi connectivity index (χ2v) is 4.06. The zero-order valence-corrected chi connectivity index (χ0v) is 10.6. The number of aryl methyl sites for hydroxylation is 2. The van der Waals surface area contributed by atoms with Gasteiger partial charge in [0.2, 0.25) is 0 Å². The summed E-state index contributed by atoms with van der Waals surface area (Å²) in [6.07, 6.45) is 0.752. The van der Waals surface area contributed by atoms with E-state index in [0.717, 1.165) is 23.3 Å². The van der Waals surface area contributed by atoms with Crippen molar-refractivity contribution in [3.63, 3.8) is 0 Å². The Bertz CT molecular complexity index is 523. The summed E-state index contributed by atoms with van der Waals surface area (Å²) in [5.41, 5.74) is 7.82. The zero-order chi connectivity index (χ0) is 13.0. The van der Waals surface area contributed by atoms with Gasteiger partial charge in [0.05, 0.1) is 0 Å². The van der Waals surface area contributed by atoms with E-state index >= 15 is 0 Å². The lowest BCUT2D eigenvalue weighted by atomic mass is 10.1. The molecule has 0 aliphatic rings. The van der Waals surface area contributed by atoms with Crippen molar-refractivity contribution in [3.05, 3.63) is 41.0 Å². The van der Waals surface area contributed by atoms with Crippen LogP contribution in [0.4, 0.5) is 0 Å². The molecule has 0 aliphatic carbocycles. The van der Waals surface area contributed by atoms with Crippen LogP contribution in [-0.4, -0.2) is 10.1 Å². The van der Waals surface area contributed by atoms with Gasteiger partial charge in [0.1, 0.15) is 5.75 Å². The highest BCUT2D eigenvalue weighted by atomic mass is 16.5. The maximum absolute atomic E-state index is 5.68. The molecule has 1 heterocycles. The number of aromatic nitrogens is 2. The molecule has 1 aromatic carbocycles. The first-order valence-corrected chi connectivity index (χ1v) is 5.96. The van der Waals surface area contributed by atoms with E-state index in [4.69, 9.17) is 15.0 Å². The van der Waals surface area contributed by atoms with Gasteiger partial charge in [0.25, 0.3) is 5.89 Å². The minimum atomic E-state index is 0.267. The Morgan fingerprint density at radius 1 is 1.39 bits per heavy atom. The average Bonchev–Trinajstić information content (AvgIpc) is 2.85. The summed E-state index contributed by atoms with van der Waals surface area (Å²) in [4.78, 5) is 4.18. The van der Waals surface area contributed by atoms with Crippen LogP contribution in [0.1, 0.15) is 29.8 Å². The molecule has 2 aromatic rings. The maximum Gasteiger partial charge on any atom is 0.264 e. The summed E-state index contributed by atoms with van der Waals surface area (Å²) in [5, 5.41) is 3.81. The van der Waals surface area contributed by atoms with E-state index in [9.17, 15) is 0 Å². The lowest BCUT2D eigenvalue weighted by Crippen LogP contribution is -2.03. The Morgan fingerprint density at radius 3 is 2.89 bits per heavy atom. The third-order valence-corrected chi connectivity index (χ3v) is 2.61. The van der Waals surface area contributed by atoms with E-state index in [1.807, 2.05) is 32.0 Å². The Balaban J connectivity index is 2.05. The van der Waals surface area contributed by atoms with Crippen LogP contribution in [0.15, 0.2) is 22.7 Å². The number of nitrogens with two attached hydrogens (primary N) is 1. The molecule has 0 aliphatic heterocycles. The van der Waals surface area contributed by atoms with Crippen molar-refractivity contribution >= 4 is 0 Å². The number of hydrogen-bond donors (Lipinski definition) is 1. The quantitative estimate of drug-likeness (QED) is 0.874. The summed E-state index contributed by atoms with van der Waals surface area (Å²) in [5.74, 6) is 1.94. The summed E-state index contributed by atoms with van der Waals surface area (Å²) >= 11 is 0. The molecular weight excluding hydrogens is 230 g/mol. The van der Waals surface area contributed by atoms with Gasteiger partial charge in [-0.15, -0.1) is 0 Å². The monoisotopic (exact) mass is 247 g/mol. The zero-order valence-electron chi connectivity index (χ0n) is 10.6. The molecule has 0 unspecified atom stereocenters. The van der Waals surface area contributed by atoms with E-state index in [2.05, 4.69) is 10.1 Å². The first-order valence-electron chi connectivity index (χ1n) is 5.96. The van der Waals surface area contributed by atoms with Crippen LogP contribution in [0.5, 0.6) is 5.75 Å². The molecule has 0 atom stereocenters. The number of rotatable bonds is 5. The Hall–Kier alpha value is -1.88. The highest BCUT2D eigenvalue weighted by Crippen LogP contribution is 2.20. The van der Waals surface area contributed by atoms with E-state index < -0.39 is 0 Å². The van der Waals surface area contributed by atoms with Crippen LogP contribution in [0.25, 0.3) is 0 Å². The molecule has 96 valence electrons. The van der Waals surface area contributed by atoms with E-state index in [1.165, 1.54) is 0 Å². The first kappa shape index (κ1) is 12.6. The van der Waals surface area contributed by atoms with Crippen molar-refractivity contribution in [1.82, 2.24) is 10.1 Å². The van der Waals surface area contributed by atoms with Crippen molar-refractivity contribution in [3.8, 4) is 5.75 Å². The van der Waals surface area contributed by atoms with Gasteiger partial charge < -0.3 is 15.0 Å². The second kappa shape index (κ2) is 5.64. The second-order valence-electron chi connectivity index (χ2n) is 4.06. The Kier molecular flexibility index (Phi) is 3.94. The molecular formula is C13H17N3O2. The third kappa shape index (κ3) is 2.87. The van der Waals surface area contributed by atoms with Crippen molar-refractivity contribution in [2.45, 2.75) is 33.4 Å². The molecule has 2 N–H and O–H groups in total. The standard InChI is InChI=1S/C13H17N3O2/c1-3-12-15-13(18-16-12)8-17-11-5-4-9(2)6-10(11)7-14/h4-6H,3,7-8,14H2,1-2H3. The number of benzene rings is 1. The molecule has 0 saturated heterocycles. The van der Waals surface area contributed by atoms with Gasteiger partial charge in [-0.25, -0.2) is 0 Å². The molecule has 0 radical (unpaired) electrons.